The Bertz CT molecular complexity index is 571. The predicted octanol–water partition coefficient (Wildman–Crippen LogP) is 1.95. The molecular weight excluding hydrogens is 266 g/mol. The lowest BCUT2D eigenvalue weighted by Crippen LogP contribution is -2.12. The molecule has 1 aromatic carbocycles. The van der Waals surface area contributed by atoms with Crippen molar-refractivity contribution in [2.24, 2.45) is 0 Å². The van der Waals surface area contributed by atoms with Crippen LogP contribution in [0.15, 0.2) is 24.3 Å². The van der Waals surface area contributed by atoms with Crippen molar-refractivity contribution in [3.05, 3.63) is 34.8 Å². The number of aromatic nitrogens is 2. The van der Waals surface area contributed by atoms with Gasteiger partial charge in [-0.25, -0.2) is 0 Å². The molecule has 1 heterocycles. The summed E-state index contributed by atoms with van der Waals surface area (Å²) in [6.45, 7) is 0.377. The van der Waals surface area contributed by atoms with E-state index in [9.17, 15) is 4.79 Å². The largest absolute Gasteiger partial charge is 0.496 e. The molecule has 0 fully saturated rings. The number of para-hydroxylation sites is 1. The van der Waals surface area contributed by atoms with E-state index in [-0.39, 0.29) is 5.91 Å². The highest BCUT2D eigenvalue weighted by Gasteiger charge is 2.13. The third-order valence-electron chi connectivity index (χ3n) is 2.31. The summed E-state index contributed by atoms with van der Waals surface area (Å²) < 4.78 is 10.1. The molecule has 0 aliphatic rings. The van der Waals surface area contributed by atoms with Crippen LogP contribution in [0.5, 0.6) is 5.75 Å². The van der Waals surface area contributed by atoms with Crippen LogP contribution in [0.3, 0.4) is 0 Å². The van der Waals surface area contributed by atoms with E-state index in [4.69, 9.17) is 9.47 Å². The molecular formula is C12H13N3O3S. The van der Waals surface area contributed by atoms with Gasteiger partial charge in [0, 0.05) is 7.11 Å². The van der Waals surface area contributed by atoms with Crippen molar-refractivity contribution in [3.8, 4) is 5.75 Å². The second-order valence-electron chi connectivity index (χ2n) is 3.59. The zero-order chi connectivity index (χ0) is 13.7. The van der Waals surface area contributed by atoms with Gasteiger partial charge in [0.1, 0.15) is 17.4 Å². The molecule has 100 valence electrons. The van der Waals surface area contributed by atoms with Crippen molar-refractivity contribution >= 4 is 22.4 Å². The average molecular weight is 279 g/mol. The van der Waals surface area contributed by atoms with Crippen LogP contribution < -0.4 is 10.1 Å². The highest BCUT2D eigenvalue weighted by molar-refractivity contribution is 7.15. The van der Waals surface area contributed by atoms with Crippen molar-refractivity contribution in [3.63, 3.8) is 0 Å². The molecule has 0 atom stereocenters. The first-order valence-electron chi connectivity index (χ1n) is 5.50. The Kier molecular flexibility index (Phi) is 4.43. The number of carbonyl (C=O) groups excluding carboxylic acids is 1. The van der Waals surface area contributed by atoms with Crippen LogP contribution in [0.1, 0.15) is 15.4 Å². The summed E-state index contributed by atoms with van der Waals surface area (Å²) in [4.78, 5) is 12.1. The summed E-state index contributed by atoms with van der Waals surface area (Å²) in [7, 11) is 3.10. The molecule has 0 aliphatic carbocycles. The lowest BCUT2D eigenvalue weighted by atomic mass is 10.2. The summed E-state index contributed by atoms with van der Waals surface area (Å²) in [5, 5.41) is 11.6. The molecule has 0 radical (unpaired) electrons. The van der Waals surface area contributed by atoms with Crippen molar-refractivity contribution in [1.82, 2.24) is 10.2 Å². The monoisotopic (exact) mass is 279 g/mol. The van der Waals surface area contributed by atoms with E-state index in [2.05, 4.69) is 15.5 Å². The lowest BCUT2D eigenvalue weighted by molar-refractivity contribution is 0.102. The molecule has 0 saturated heterocycles. The Balaban J connectivity index is 2.11. The van der Waals surface area contributed by atoms with Gasteiger partial charge in [-0.2, -0.15) is 0 Å². The maximum Gasteiger partial charge on any atom is 0.261 e. The van der Waals surface area contributed by atoms with Crippen molar-refractivity contribution < 1.29 is 14.3 Å². The van der Waals surface area contributed by atoms with Crippen LogP contribution in [-0.4, -0.2) is 30.3 Å². The molecule has 7 heteroatoms. The third-order valence-corrected chi connectivity index (χ3v) is 3.12. The third kappa shape index (κ3) is 3.27. The molecule has 0 aliphatic heterocycles. The van der Waals surface area contributed by atoms with Gasteiger partial charge in [0.2, 0.25) is 5.13 Å². The van der Waals surface area contributed by atoms with Crippen LogP contribution in [-0.2, 0) is 11.3 Å². The minimum atomic E-state index is -0.280. The van der Waals surface area contributed by atoms with E-state index in [0.717, 1.165) is 0 Å². The fourth-order valence-corrected chi connectivity index (χ4v) is 2.19. The summed E-state index contributed by atoms with van der Waals surface area (Å²) in [6.07, 6.45) is 0. The topological polar surface area (TPSA) is 73.3 Å². The Morgan fingerprint density at radius 2 is 2.11 bits per heavy atom. The number of rotatable bonds is 5. The van der Waals surface area contributed by atoms with Crippen LogP contribution in [0.2, 0.25) is 0 Å². The number of ether oxygens (including phenoxy) is 2. The molecule has 1 aromatic heterocycles. The van der Waals surface area contributed by atoms with Crippen LogP contribution in [0.4, 0.5) is 5.13 Å². The summed E-state index contributed by atoms with van der Waals surface area (Å²) in [5.41, 5.74) is 0.452. The second-order valence-corrected chi connectivity index (χ2v) is 4.65. The zero-order valence-electron chi connectivity index (χ0n) is 10.5. The smallest absolute Gasteiger partial charge is 0.261 e. The SMILES string of the molecule is COCc1nnc(NC(=O)c2ccccc2OC)s1. The number of nitrogens with zero attached hydrogens (tertiary/aromatic N) is 2. The zero-order valence-corrected chi connectivity index (χ0v) is 11.4. The number of benzene rings is 1. The van der Waals surface area contributed by atoms with Crippen molar-refractivity contribution in [2.75, 3.05) is 19.5 Å². The maximum absolute atomic E-state index is 12.1. The highest BCUT2D eigenvalue weighted by atomic mass is 32.1. The summed E-state index contributed by atoms with van der Waals surface area (Å²) in [5.74, 6) is 0.235. The molecule has 19 heavy (non-hydrogen) atoms. The van der Waals surface area contributed by atoms with Gasteiger partial charge in [-0.15, -0.1) is 10.2 Å². The molecule has 0 bridgehead atoms. The van der Waals surface area contributed by atoms with E-state index in [1.165, 1.54) is 18.4 Å². The van der Waals surface area contributed by atoms with Crippen LogP contribution in [0, 0.1) is 0 Å². The number of anilines is 1. The number of carbonyl (C=O) groups is 1. The molecule has 0 spiro atoms. The number of hydrogen-bond donors (Lipinski definition) is 1. The Morgan fingerprint density at radius 1 is 1.32 bits per heavy atom. The van der Waals surface area contributed by atoms with Gasteiger partial charge in [-0.1, -0.05) is 23.5 Å². The summed E-state index contributed by atoms with van der Waals surface area (Å²) in [6, 6.07) is 6.99. The van der Waals surface area contributed by atoms with Crippen LogP contribution in [0.25, 0.3) is 0 Å². The van der Waals surface area contributed by atoms with Gasteiger partial charge < -0.3 is 9.47 Å². The first-order valence-corrected chi connectivity index (χ1v) is 6.32. The quantitative estimate of drug-likeness (QED) is 0.905. The Morgan fingerprint density at radius 3 is 2.84 bits per heavy atom. The van der Waals surface area contributed by atoms with E-state index in [1.54, 1.807) is 31.4 Å². The molecule has 2 aromatic rings. The van der Waals surface area contributed by atoms with Gasteiger partial charge in [0.25, 0.3) is 5.91 Å². The average Bonchev–Trinajstić information content (AvgIpc) is 2.86. The van der Waals surface area contributed by atoms with E-state index in [1.807, 2.05) is 0 Å². The number of amides is 1. The lowest BCUT2D eigenvalue weighted by Gasteiger charge is -2.06. The van der Waals surface area contributed by atoms with Gasteiger partial charge in [-0.3, -0.25) is 10.1 Å². The van der Waals surface area contributed by atoms with E-state index in [0.29, 0.717) is 28.1 Å². The normalized spacial score (nSPS) is 10.2. The highest BCUT2D eigenvalue weighted by Crippen LogP contribution is 2.21. The molecule has 0 saturated carbocycles. The van der Waals surface area contributed by atoms with E-state index < -0.39 is 0 Å². The first kappa shape index (κ1) is 13.4. The minimum Gasteiger partial charge on any atom is -0.496 e. The number of methoxy groups -OCH3 is 2. The molecule has 1 N–H and O–H groups in total. The standard InChI is InChI=1S/C12H13N3O3S/c1-17-7-10-14-15-12(19-10)13-11(16)8-5-3-4-6-9(8)18-2/h3-6H,7H2,1-2H3,(H,13,15,16). The van der Waals surface area contributed by atoms with Gasteiger partial charge in [0.05, 0.1) is 12.7 Å². The molecule has 2 rings (SSSR count). The number of nitrogens with one attached hydrogen (secondary N) is 1. The second kappa shape index (κ2) is 6.26. The predicted molar refractivity (Wildman–Crippen MR) is 71.6 cm³/mol. The summed E-state index contributed by atoms with van der Waals surface area (Å²) >= 11 is 1.27. The number of hydrogen-bond acceptors (Lipinski definition) is 6. The van der Waals surface area contributed by atoms with Crippen LogP contribution >= 0.6 is 11.3 Å². The Labute approximate surface area is 114 Å². The minimum absolute atomic E-state index is 0.280. The van der Waals surface area contributed by atoms with Gasteiger partial charge >= 0.3 is 0 Å². The molecule has 0 unspecified atom stereocenters. The van der Waals surface area contributed by atoms with E-state index >= 15 is 0 Å². The molecule has 6 nitrogen and oxygen atoms in total. The fraction of sp³-hybridized carbons (Fsp3) is 0.250. The van der Waals surface area contributed by atoms with Crippen molar-refractivity contribution in [1.29, 1.82) is 0 Å². The van der Waals surface area contributed by atoms with Gasteiger partial charge in [0.15, 0.2) is 0 Å². The van der Waals surface area contributed by atoms with Gasteiger partial charge in [-0.05, 0) is 12.1 Å². The first-order chi connectivity index (χ1) is 9.24. The van der Waals surface area contributed by atoms with Crippen molar-refractivity contribution in [2.45, 2.75) is 6.61 Å². The fourth-order valence-electron chi connectivity index (χ4n) is 1.48. The molecule has 1 amide bonds. The Hall–Kier alpha value is -1.99. The maximum atomic E-state index is 12.1.